The van der Waals surface area contributed by atoms with E-state index in [4.69, 9.17) is 0 Å². The fraction of sp³-hybridized carbons (Fsp3) is 0.643. The molecule has 1 N–H and O–H groups in total. The van der Waals surface area contributed by atoms with Gasteiger partial charge in [0, 0.05) is 37.3 Å². The van der Waals surface area contributed by atoms with Gasteiger partial charge in [-0.3, -0.25) is 14.3 Å². The van der Waals surface area contributed by atoms with E-state index in [2.05, 4.69) is 10.4 Å². The number of aromatic nitrogens is 2. The first-order chi connectivity index (χ1) is 9.55. The molecule has 0 aliphatic carbocycles. The quantitative estimate of drug-likeness (QED) is 0.890. The Morgan fingerprint density at radius 2 is 2.15 bits per heavy atom. The Hall–Kier alpha value is -1.85. The Morgan fingerprint density at radius 1 is 1.40 bits per heavy atom. The van der Waals surface area contributed by atoms with E-state index in [1.807, 2.05) is 31.6 Å². The van der Waals surface area contributed by atoms with Gasteiger partial charge in [0.2, 0.25) is 11.8 Å². The molecule has 2 rings (SSSR count). The second kappa shape index (κ2) is 6.07. The topological polar surface area (TPSA) is 67.2 Å². The molecule has 1 aromatic rings. The summed E-state index contributed by atoms with van der Waals surface area (Å²) in [7, 11) is 0. The molecular formula is C14H22N4O2. The first-order valence-electron chi connectivity index (χ1n) is 7.16. The monoisotopic (exact) mass is 278 g/mol. The minimum atomic E-state index is -0.409. The van der Waals surface area contributed by atoms with E-state index in [0.29, 0.717) is 19.4 Å². The van der Waals surface area contributed by atoms with E-state index in [0.717, 1.165) is 12.1 Å². The van der Waals surface area contributed by atoms with Crippen molar-refractivity contribution in [3.8, 4) is 0 Å². The third-order valence-electron chi connectivity index (χ3n) is 3.70. The molecule has 0 radical (unpaired) electrons. The van der Waals surface area contributed by atoms with E-state index in [9.17, 15) is 9.59 Å². The zero-order valence-electron chi connectivity index (χ0n) is 12.3. The predicted molar refractivity (Wildman–Crippen MR) is 74.8 cm³/mol. The minimum Gasteiger partial charge on any atom is -0.344 e. The number of nitrogens with one attached hydrogen (secondary N) is 1. The van der Waals surface area contributed by atoms with E-state index >= 15 is 0 Å². The average molecular weight is 278 g/mol. The molecule has 1 fully saturated rings. The number of carbonyl (C=O) groups excluding carboxylic acids is 2. The summed E-state index contributed by atoms with van der Waals surface area (Å²) in [4.78, 5) is 26.0. The van der Waals surface area contributed by atoms with E-state index in [1.54, 1.807) is 11.1 Å². The van der Waals surface area contributed by atoms with Crippen LogP contribution >= 0.6 is 0 Å². The van der Waals surface area contributed by atoms with Crippen LogP contribution in [0.25, 0.3) is 0 Å². The lowest BCUT2D eigenvalue weighted by atomic mass is 10.1. The van der Waals surface area contributed by atoms with Crippen molar-refractivity contribution >= 4 is 11.8 Å². The number of aryl methyl sites for hydroxylation is 1. The lowest BCUT2D eigenvalue weighted by Gasteiger charge is -2.28. The van der Waals surface area contributed by atoms with E-state index < -0.39 is 6.04 Å². The Balaban J connectivity index is 2.17. The van der Waals surface area contributed by atoms with Gasteiger partial charge in [0.15, 0.2) is 0 Å². The Bertz CT molecular complexity index is 497. The molecule has 0 saturated carbocycles. The van der Waals surface area contributed by atoms with Crippen LogP contribution in [-0.4, -0.2) is 38.6 Å². The second-order valence-electron chi connectivity index (χ2n) is 5.25. The molecule has 6 heteroatoms. The van der Waals surface area contributed by atoms with Crippen molar-refractivity contribution in [3.05, 3.63) is 18.0 Å². The zero-order chi connectivity index (χ0) is 14.7. The molecule has 110 valence electrons. The fourth-order valence-electron chi connectivity index (χ4n) is 2.48. The Labute approximate surface area is 119 Å². The van der Waals surface area contributed by atoms with Crippen molar-refractivity contribution in [2.45, 2.75) is 58.8 Å². The van der Waals surface area contributed by atoms with Crippen molar-refractivity contribution in [1.82, 2.24) is 20.0 Å². The molecule has 1 aliphatic heterocycles. The summed E-state index contributed by atoms with van der Waals surface area (Å²) in [6.45, 7) is 7.16. The molecule has 2 amide bonds. The summed E-state index contributed by atoms with van der Waals surface area (Å²) in [6.07, 6.45) is 4.69. The summed E-state index contributed by atoms with van der Waals surface area (Å²) in [5.74, 6) is -0.0560. The van der Waals surface area contributed by atoms with Crippen LogP contribution in [0.1, 0.15) is 39.2 Å². The summed E-state index contributed by atoms with van der Waals surface area (Å²) in [5.41, 5.74) is 0.997. The Kier molecular flexibility index (Phi) is 4.42. The van der Waals surface area contributed by atoms with Crippen LogP contribution in [-0.2, 0) is 22.7 Å². The first-order valence-corrected chi connectivity index (χ1v) is 7.16. The lowest BCUT2D eigenvalue weighted by molar-refractivity contribution is -0.135. The highest BCUT2D eigenvalue weighted by molar-refractivity contribution is 5.90. The van der Waals surface area contributed by atoms with Crippen LogP contribution in [0.15, 0.2) is 12.4 Å². The van der Waals surface area contributed by atoms with Gasteiger partial charge in [0.05, 0.1) is 6.20 Å². The number of amides is 2. The van der Waals surface area contributed by atoms with Gasteiger partial charge in [-0.15, -0.1) is 0 Å². The van der Waals surface area contributed by atoms with Crippen molar-refractivity contribution in [1.29, 1.82) is 0 Å². The van der Waals surface area contributed by atoms with Crippen LogP contribution in [0.4, 0.5) is 0 Å². The Morgan fingerprint density at radius 3 is 2.75 bits per heavy atom. The smallest absolute Gasteiger partial charge is 0.245 e. The molecule has 1 aliphatic rings. The summed E-state index contributed by atoms with van der Waals surface area (Å²) in [6, 6.07) is -0.502. The largest absolute Gasteiger partial charge is 0.344 e. The highest BCUT2D eigenvalue weighted by Gasteiger charge is 2.32. The number of nitrogens with zero attached hydrogens (tertiary/aromatic N) is 3. The number of carbonyl (C=O) groups is 2. The van der Waals surface area contributed by atoms with Crippen molar-refractivity contribution in [2.75, 3.05) is 0 Å². The highest BCUT2D eigenvalue weighted by atomic mass is 16.2. The van der Waals surface area contributed by atoms with Crippen molar-refractivity contribution < 1.29 is 9.59 Å². The molecule has 0 spiro atoms. The van der Waals surface area contributed by atoms with Gasteiger partial charge >= 0.3 is 0 Å². The van der Waals surface area contributed by atoms with Crippen LogP contribution < -0.4 is 5.32 Å². The molecular weight excluding hydrogens is 256 g/mol. The molecule has 0 aromatic carbocycles. The first kappa shape index (κ1) is 14.6. The van der Waals surface area contributed by atoms with Crippen molar-refractivity contribution in [3.63, 3.8) is 0 Å². The van der Waals surface area contributed by atoms with E-state index in [1.165, 1.54) is 0 Å². The van der Waals surface area contributed by atoms with E-state index in [-0.39, 0.29) is 17.9 Å². The predicted octanol–water partition coefficient (Wildman–Crippen LogP) is 0.919. The zero-order valence-corrected chi connectivity index (χ0v) is 12.3. The lowest BCUT2D eigenvalue weighted by Crippen LogP contribution is -2.45. The maximum absolute atomic E-state index is 12.5. The van der Waals surface area contributed by atoms with Crippen molar-refractivity contribution in [2.24, 2.45) is 0 Å². The fourth-order valence-corrected chi connectivity index (χ4v) is 2.48. The average Bonchev–Trinajstić information content (AvgIpc) is 2.85. The number of hydrogen-bond acceptors (Lipinski definition) is 3. The van der Waals surface area contributed by atoms with Crippen LogP contribution in [0, 0.1) is 0 Å². The molecule has 0 bridgehead atoms. The third kappa shape index (κ3) is 3.00. The number of rotatable bonds is 4. The molecule has 1 aromatic heterocycles. The molecule has 2 heterocycles. The summed E-state index contributed by atoms with van der Waals surface area (Å²) < 4.78 is 1.84. The van der Waals surface area contributed by atoms with Crippen LogP contribution in [0.5, 0.6) is 0 Å². The SMILES string of the molecule is CCC1NC(=O)CC(C)N(Cc2cnn(CC)c2)C1=O. The maximum Gasteiger partial charge on any atom is 0.245 e. The molecule has 2 atom stereocenters. The standard InChI is InChI=1S/C14H22N4O2/c1-4-12-14(20)18(10(3)6-13(19)16-12)9-11-7-15-17(5-2)8-11/h7-8,10,12H,4-6,9H2,1-3H3,(H,16,19). The third-order valence-corrected chi connectivity index (χ3v) is 3.70. The molecule has 6 nitrogen and oxygen atoms in total. The van der Waals surface area contributed by atoms with Gasteiger partial charge in [0.1, 0.15) is 6.04 Å². The van der Waals surface area contributed by atoms with Gasteiger partial charge in [-0.05, 0) is 20.3 Å². The van der Waals surface area contributed by atoms with Gasteiger partial charge in [-0.2, -0.15) is 5.10 Å². The molecule has 2 unspecified atom stereocenters. The summed E-state index contributed by atoms with van der Waals surface area (Å²) >= 11 is 0. The second-order valence-corrected chi connectivity index (χ2v) is 5.25. The van der Waals surface area contributed by atoms with Gasteiger partial charge in [-0.25, -0.2) is 0 Å². The molecule has 20 heavy (non-hydrogen) atoms. The maximum atomic E-state index is 12.5. The number of hydrogen-bond donors (Lipinski definition) is 1. The van der Waals surface area contributed by atoms with Crippen LogP contribution in [0.3, 0.4) is 0 Å². The normalized spacial score (nSPS) is 23.6. The summed E-state index contributed by atoms with van der Waals surface area (Å²) in [5, 5.41) is 7.01. The van der Waals surface area contributed by atoms with Gasteiger partial charge in [0.25, 0.3) is 0 Å². The minimum absolute atomic E-state index is 0.00454. The van der Waals surface area contributed by atoms with Gasteiger partial charge in [-0.1, -0.05) is 6.92 Å². The molecule has 1 saturated heterocycles. The van der Waals surface area contributed by atoms with Gasteiger partial charge < -0.3 is 10.2 Å². The van der Waals surface area contributed by atoms with Crippen LogP contribution in [0.2, 0.25) is 0 Å². The highest BCUT2D eigenvalue weighted by Crippen LogP contribution is 2.16.